The first-order valence-corrected chi connectivity index (χ1v) is 8.98. The van der Waals surface area contributed by atoms with E-state index in [1.54, 1.807) is 0 Å². The molecule has 2 heterocycles. The molecule has 2 aliphatic rings. The second-order valence-electron chi connectivity index (χ2n) is 7.03. The van der Waals surface area contributed by atoms with Crippen molar-refractivity contribution in [2.24, 2.45) is 5.92 Å². The van der Waals surface area contributed by atoms with Crippen molar-refractivity contribution in [3.63, 3.8) is 0 Å². The summed E-state index contributed by atoms with van der Waals surface area (Å²) in [6.45, 7) is 5.18. The Morgan fingerprint density at radius 2 is 2.00 bits per heavy atom. The zero-order valence-electron chi connectivity index (χ0n) is 14.8. The molecule has 0 aromatic heterocycles. The topological polar surface area (TPSA) is 61.4 Å². The maximum absolute atomic E-state index is 12.3. The molecule has 6 heteroatoms. The Morgan fingerprint density at radius 3 is 2.64 bits per heavy atom. The quantitative estimate of drug-likeness (QED) is 0.841. The van der Waals surface area contributed by atoms with Crippen molar-refractivity contribution in [1.82, 2.24) is 15.5 Å². The van der Waals surface area contributed by atoms with E-state index in [0.29, 0.717) is 25.6 Å². The number of carbonyl (C=O) groups is 2. The number of piperidine rings is 1. The molecule has 5 nitrogen and oxygen atoms in total. The van der Waals surface area contributed by atoms with Gasteiger partial charge in [-0.25, -0.2) is 0 Å². The van der Waals surface area contributed by atoms with E-state index in [0.717, 1.165) is 43.5 Å². The summed E-state index contributed by atoms with van der Waals surface area (Å²) in [6, 6.07) is 8.61. The number of rotatable bonds is 5. The van der Waals surface area contributed by atoms with Crippen molar-refractivity contribution < 1.29 is 9.59 Å². The molecule has 2 N–H and O–H groups in total. The minimum Gasteiger partial charge on any atom is -0.352 e. The van der Waals surface area contributed by atoms with E-state index in [4.69, 9.17) is 0 Å². The van der Waals surface area contributed by atoms with Crippen LogP contribution in [0.2, 0.25) is 0 Å². The van der Waals surface area contributed by atoms with Crippen molar-refractivity contribution in [3.05, 3.63) is 35.4 Å². The summed E-state index contributed by atoms with van der Waals surface area (Å²) in [6.07, 6.45) is 3.48. The molecule has 1 aromatic rings. The van der Waals surface area contributed by atoms with Gasteiger partial charge in [0.1, 0.15) is 0 Å². The van der Waals surface area contributed by atoms with E-state index in [1.807, 2.05) is 17.0 Å². The number of hydrogen-bond acceptors (Lipinski definition) is 3. The molecule has 2 fully saturated rings. The Balaban J connectivity index is 0.00000225. The molecular formula is C19H28ClN3O2. The summed E-state index contributed by atoms with van der Waals surface area (Å²) in [5, 5.41) is 6.43. The Kier molecular flexibility index (Phi) is 7.26. The molecule has 0 unspecified atom stereocenters. The number of halogens is 1. The maximum Gasteiger partial charge on any atom is 0.223 e. The van der Waals surface area contributed by atoms with E-state index >= 15 is 0 Å². The molecule has 25 heavy (non-hydrogen) atoms. The van der Waals surface area contributed by atoms with Crippen LogP contribution in [0, 0.1) is 5.92 Å². The van der Waals surface area contributed by atoms with Crippen LogP contribution in [0.3, 0.4) is 0 Å². The third kappa shape index (κ3) is 5.44. The van der Waals surface area contributed by atoms with E-state index in [2.05, 4.69) is 29.7 Å². The first-order valence-electron chi connectivity index (χ1n) is 8.98. The van der Waals surface area contributed by atoms with Crippen LogP contribution in [0.15, 0.2) is 24.3 Å². The highest BCUT2D eigenvalue weighted by molar-refractivity contribution is 5.85. The van der Waals surface area contributed by atoms with Gasteiger partial charge in [0.25, 0.3) is 0 Å². The van der Waals surface area contributed by atoms with Gasteiger partial charge in [0.2, 0.25) is 11.8 Å². The molecular weight excluding hydrogens is 338 g/mol. The SMILES string of the molecule is C[C@H]1C[C@@H](C(=O)NCc2ccc(CN3CCCC3=O)cc2)CCN1.Cl. The van der Waals surface area contributed by atoms with Crippen LogP contribution in [-0.2, 0) is 22.7 Å². The summed E-state index contributed by atoms with van der Waals surface area (Å²) in [5.41, 5.74) is 2.24. The summed E-state index contributed by atoms with van der Waals surface area (Å²) >= 11 is 0. The van der Waals surface area contributed by atoms with Crippen LogP contribution < -0.4 is 10.6 Å². The molecule has 0 spiro atoms. The van der Waals surface area contributed by atoms with Crippen LogP contribution >= 0.6 is 12.4 Å². The predicted molar refractivity (Wildman–Crippen MR) is 100 cm³/mol. The lowest BCUT2D eigenvalue weighted by atomic mass is 9.92. The van der Waals surface area contributed by atoms with Gasteiger partial charge in [-0.3, -0.25) is 9.59 Å². The Bertz CT molecular complexity index is 591. The molecule has 2 aliphatic heterocycles. The van der Waals surface area contributed by atoms with Gasteiger partial charge in [0, 0.05) is 38.0 Å². The van der Waals surface area contributed by atoms with Crippen molar-refractivity contribution in [1.29, 1.82) is 0 Å². The van der Waals surface area contributed by atoms with Crippen molar-refractivity contribution in [2.45, 2.75) is 51.7 Å². The number of nitrogens with one attached hydrogen (secondary N) is 2. The van der Waals surface area contributed by atoms with Crippen LogP contribution in [0.5, 0.6) is 0 Å². The van der Waals surface area contributed by atoms with Gasteiger partial charge in [0.05, 0.1) is 0 Å². The molecule has 0 aliphatic carbocycles. The summed E-state index contributed by atoms with van der Waals surface area (Å²) in [7, 11) is 0. The number of benzene rings is 1. The molecule has 2 amide bonds. The van der Waals surface area contributed by atoms with E-state index in [-0.39, 0.29) is 30.1 Å². The molecule has 2 saturated heterocycles. The van der Waals surface area contributed by atoms with E-state index < -0.39 is 0 Å². The lowest BCUT2D eigenvalue weighted by molar-refractivity contribution is -0.128. The van der Waals surface area contributed by atoms with Gasteiger partial charge in [0.15, 0.2) is 0 Å². The number of carbonyl (C=O) groups excluding carboxylic acids is 2. The maximum atomic E-state index is 12.3. The monoisotopic (exact) mass is 365 g/mol. The fourth-order valence-corrected chi connectivity index (χ4v) is 3.56. The summed E-state index contributed by atoms with van der Waals surface area (Å²) in [5.74, 6) is 0.541. The van der Waals surface area contributed by atoms with Crippen LogP contribution in [0.4, 0.5) is 0 Å². The largest absolute Gasteiger partial charge is 0.352 e. The summed E-state index contributed by atoms with van der Waals surface area (Å²) < 4.78 is 0. The second kappa shape index (κ2) is 9.20. The average molecular weight is 366 g/mol. The number of nitrogens with zero attached hydrogens (tertiary/aromatic N) is 1. The van der Waals surface area contributed by atoms with E-state index in [9.17, 15) is 9.59 Å². The highest BCUT2D eigenvalue weighted by Crippen LogP contribution is 2.17. The van der Waals surface area contributed by atoms with Gasteiger partial charge in [-0.15, -0.1) is 12.4 Å². The van der Waals surface area contributed by atoms with Gasteiger partial charge < -0.3 is 15.5 Å². The lowest BCUT2D eigenvalue weighted by Crippen LogP contribution is -2.42. The fraction of sp³-hybridized carbons (Fsp3) is 0.579. The minimum atomic E-state index is 0. The summed E-state index contributed by atoms with van der Waals surface area (Å²) in [4.78, 5) is 25.8. The number of hydrogen-bond donors (Lipinski definition) is 2. The van der Waals surface area contributed by atoms with Crippen molar-refractivity contribution >= 4 is 24.2 Å². The van der Waals surface area contributed by atoms with Crippen LogP contribution in [-0.4, -0.2) is 35.8 Å². The Morgan fingerprint density at radius 1 is 1.28 bits per heavy atom. The zero-order valence-corrected chi connectivity index (χ0v) is 15.6. The molecule has 2 atom stereocenters. The van der Waals surface area contributed by atoms with Crippen molar-refractivity contribution in [2.75, 3.05) is 13.1 Å². The zero-order chi connectivity index (χ0) is 16.9. The van der Waals surface area contributed by atoms with Gasteiger partial charge in [-0.2, -0.15) is 0 Å². The second-order valence-corrected chi connectivity index (χ2v) is 7.03. The predicted octanol–water partition coefficient (Wildman–Crippen LogP) is 2.24. The lowest BCUT2D eigenvalue weighted by Gasteiger charge is -2.27. The smallest absolute Gasteiger partial charge is 0.223 e. The minimum absolute atomic E-state index is 0. The molecule has 0 radical (unpaired) electrons. The molecule has 138 valence electrons. The highest BCUT2D eigenvalue weighted by atomic mass is 35.5. The first kappa shape index (κ1) is 19.7. The van der Waals surface area contributed by atoms with Gasteiger partial charge in [-0.1, -0.05) is 24.3 Å². The van der Waals surface area contributed by atoms with Gasteiger partial charge >= 0.3 is 0 Å². The fourth-order valence-electron chi connectivity index (χ4n) is 3.56. The highest BCUT2D eigenvalue weighted by Gasteiger charge is 2.24. The standard InChI is InChI=1S/C19H27N3O2.ClH/c1-14-11-17(8-9-20-14)19(24)21-12-15-4-6-16(7-5-15)13-22-10-2-3-18(22)23;/h4-7,14,17,20H,2-3,8-13H2,1H3,(H,21,24);1H/t14-,17-;/m0./s1. The Labute approximate surface area is 155 Å². The molecule has 0 bridgehead atoms. The Hall–Kier alpha value is -1.59. The van der Waals surface area contributed by atoms with E-state index in [1.165, 1.54) is 0 Å². The average Bonchev–Trinajstić information content (AvgIpc) is 2.99. The first-order chi connectivity index (χ1) is 11.6. The third-order valence-electron chi connectivity index (χ3n) is 5.03. The molecule has 1 aromatic carbocycles. The van der Waals surface area contributed by atoms with Crippen LogP contribution in [0.25, 0.3) is 0 Å². The van der Waals surface area contributed by atoms with Gasteiger partial charge in [-0.05, 0) is 43.9 Å². The molecule has 0 saturated carbocycles. The molecule has 3 rings (SSSR count). The number of likely N-dealkylation sites (tertiary alicyclic amines) is 1. The normalized spacial score (nSPS) is 23.2. The number of amides is 2. The van der Waals surface area contributed by atoms with Crippen LogP contribution in [0.1, 0.15) is 43.7 Å². The van der Waals surface area contributed by atoms with Crippen molar-refractivity contribution in [3.8, 4) is 0 Å². The third-order valence-corrected chi connectivity index (χ3v) is 5.03.